The van der Waals surface area contributed by atoms with Gasteiger partial charge in [0, 0.05) is 6.54 Å². The Morgan fingerprint density at radius 1 is 0.976 bits per heavy atom. The molecule has 0 saturated carbocycles. The van der Waals surface area contributed by atoms with Crippen molar-refractivity contribution < 1.29 is 28.2 Å². The van der Waals surface area contributed by atoms with Crippen molar-refractivity contribution in [3.63, 3.8) is 0 Å². The summed E-state index contributed by atoms with van der Waals surface area (Å²) in [5.74, 6) is 0.374. The van der Waals surface area contributed by atoms with E-state index in [0.29, 0.717) is 29.0 Å². The van der Waals surface area contributed by atoms with Crippen LogP contribution in [0, 0.1) is 5.82 Å². The van der Waals surface area contributed by atoms with Crippen molar-refractivity contribution in [2.75, 3.05) is 14.2 Å². The Kier molecular flexibility index (Phi) is 8.21. The van der Waals surface area contributed by atoms with E-state index in [1.165, 1.54) is 26.4 Å². The zero-order valence-electron chi connectivity index (χ0n) is 23.0. The van der Waals surface area contributed by atoms with E-state index in [0.717, 1.165) is 22.3 Å². The number of furan rings is 1. The van der Waals surface area contributed by atoms with Crippen LogP contribution in [-0.2, 0) is 17.9 Å². The third-order valence-electron chi connectivity index (χ3n) is 7.10. The second kappa shape index (κ2) is 12.1. The molecule has 41 heavy (non-hydrogen) atoms. The summed E-state index contributed by atoms with van der Waals surface area (Å²) in [4.78, 5) is 13.7. The van der Waals surface area contributed by atoms with Crippen LogP contribution in [0.3, 0.4) is 0 Å². The molecule has 1 amide bonds. The Morgan fingerprint density at radius 3 is 2.37 bits per heavy atom. The van der Waals surface area contributed by atoms with E-state index in [1.54, 1.807) is 36.6 Å². The summed E-state index contributed by atoms with van der Waals surface area (Å²) in [7, 11) is 2.93. The molecule has 0 radical (unpaired) electrons. The minimum Gasteiger partial charge on any atom is -0.502 e. The molecule has 1 aliphatic carbocycles. The molecule has 7 nitrogen and oxygen atoms in total. The van der Waals surface area contributed by atoms with Gasteiger partial charge in [0.05, 0.1) is 27.0 Å². The van der Waals surface area contributed by atoms with Crippen molar-refractivity contribution in [3.8, 4) is 17.2 Å². The molecule has 210 valence electrons. The number of carbonyl (C=O) groups excluding carboxylic acids is 1. The summed E-state index contributed by atoms with van der Waals surface area (Å²) in [5, 5.41) is 16.7. The molecule has 3 aromatic carbocycles. The lowest BCUT2D eigenvalue weighted by atomic mass is 9.97. The summed E-state index contributed by atoms with van der Waals surface area (Å²) in [5.41, 5.74) is 5.44. The monoisotopic (exact) mass is 554 g/mol. The zero-order valence-corrected chi connectivity index (χ0v) is 23.0. The zero-order chi connectivity index (χ0) is 28.9. The van der Waals surface area contributed by atoms with E-state index in [9.17, 15) is 14.3 Å². The van der Waals surface area contributed by atoms with Crippen LogP contribution in [0.5, 0.6) is 17.2 Å². The summed E-state index contributed by atoms with van der Waals surface area (Å²) < 4.78 is 30.7. The van der Waals surface area contributed by atoms with Gasteiger partial charge >= 0.3 is 0 Å². The standard InChI is InChI=1S/C33H31FN2O5/c1-20-26(14-22-15-28(39-2)32(37)29(16-22)40-3)25-12-11-23(34)17-27(25)30(20)31(35-18-21-8-5-4-6-9-21)33(38)36-19-24-10-7-13-41-24/h4-17,31,35,37H,18-19H2,1-3H3,(H,36,38). The number of amides is 1. The number of fused-ring (bicyclic) bond motifs is 1. The van der Waals surface area contributed by atoms with Gasteiger partial charge in [-0.2, -0.15) is 0 Å². The molecular weight excluding hydrogens is 523 g/mol. The van der Waals surface area contributed by atoms with Crippen LogP contribution in [0.1, 0.15) is 34.9 Å². The summed E-state index contributed by atoms with van der Waals surface area (Å²) in [6, 6.07) is 20.5. The van der Waals surface area contributed by atoms with Gasteiger partial charge in [0.25, 0.3) is 0 Å². The average molecular weight is 555 g/mol. The maximum atomic E-state index is 14.7. The lowest BCUT2D eigenvalue weighted by Crippen LogP contribution is -2.44. The van der Waals surface area contributed by atoms with Crippen molar-refractivity contribution in [2.45, 2.75) is 26.1 Å². The third-order valence-corrected chi connectivity index (χ3v) is 7.10. The average Bonchev–Trinajstić information content (AvgIpc) is 3.60. The van der Waals surface area contributed by atoms with Gasteiger partial charge in [0.1, 0.15) is 17.6 Å². The van der Waals surface area contributed by atoms with E-state index in [4.69, 9.17) is 13.9 Å². The number of halogens is 1. The minimum atomic E-state index is -0.791. The Bertz CT molecular complexity index is 1590. The fourth-order valence-corrected chi connectivity index (χ4v) is 5.08. The van der Waals surface area contributed by atoms with Crippen LogP contribution >= 0.6 is 0 Å². The second-order valence-corrected chi connectivity index (χ2v) is 9.66. The second-order valence-electron chi connectivity index (χ2n) is 9.66. The van der Waals surface area contributed by atoms with Crippen LogP contribution < -0.4 is 20.1 Å². The Hall–Kier alpha value is -4.82. The highest BCUT2D eigenvalue weighted by Crippen LogP contribution is 2.45. The van der Waals surface area contributed by atoms with E-state index in [2.05, 4.69) is 10.6 Å². The van der Waals surface area contributed by atoms with E-state index >= 15 is 0 Å². The first-order chi connectivity index (χ1) is 19.9. The number of ether oxygens (including phenoxy) is 2. The van der Waals surface area contributed by atoms with Crippen LogP contribution in [0.25, 0.3) is 17.2 Å². The highest BCUT2D eigenvalue weighted by atomic mass is 19.1. The van der Waals surface area contributed by atoms with Crippen LogP contribution in [0.2, 0.25) is 0 Å². The molecule has 1 aromatic heterocycles. The van der Waals surface area contributed by atoms with Gasteiger partial charge in [-0.05, 0) is 88.4 Å². The number of phenols is 1. The van der Waals surface area contributed by atoms with Crippen molar-refractivity contribution in [1.29, 1.82) is 0 Å². The fraction of sp³-hybridized carbons (Fsp3) is 0.182. The Balaban J connectivity index is 1.59. The van der Waals surface area contributed by atoms with Crippen LogP contribution in [0.15, 0.2) is 89.0 Å². The predicted molar refractivity (Wildman–Crippen MR) is 156 cm³/mol. The molecule has 1 aliphatic rings. The normalized spacial score (nSPS) is 14.2. The Labute approximate surface area is 237 Å². The number of hydrogen-bond acceptors (Lipinski definition) is 6. The van der Waals surface area contributed by atoms with Crippen molar-refractivity contribution >= 4 is 23.1 Å². The number of methoxy groups -OCH3 is 2. The summed E-state index contributed by atoms with van der Waals surface area (Å²) in [6.45, 7) is 2.56. The number of benzene rings is 3. The smallest absolute Gasteiger partial charge is 0.242 e. The van der Waals surface area contributed by atoms with Crippen LogP contribution in [-0.4, -0.2) is 31.3 Å². The molecule has 1 heterocycles. The van der Waals surface area contributed by atoms with Crippen LogP contribution in [0.4, 0.5) is 4.39 Å². The predicted octanol–water partition coefficient (Wildman–Crippen LogP) is 5.94. The maximum absolute atomic E-state index is 14.7. The maximum Gasteiger partial charge on any atom is 0.242 e. The first-order valence-corrected chi connectivity index (χ1v) is 13.1. The minimum absolute atomic E-state index is 0.0996. The molecule has 0 aliphatic heterocycles. The molecule has 4 aromatic rings. The molecule has 1 atom stereocenters. The molecule has 5 rings (SSSR count). The molecule has 0 spiro atoms. The SMILES string of the molecule is COc1cc(C=C2C(C)=C(C(NCc3ccccc3)C(=O)NCc3ccco3)c3cc(F)ccc32)cc(OC)c1O. The molecule has 0 bridgehead atoms. The number of phenolic OH excluding ortho intramolecular Hbond substituents is 1. The highest BCUT2D eigenvalue weighted by Gasteiger charge is 2.33. The lowest BCUT2D eigenvalue weighted by Gasteiger charge is -2.22. The molecular formula is C33H31FN2O5. The number of nitrogens with one attached hydrogen (secondary N) is 2. The van der Waals surface area contributed by atoms with Gasteiger partial charge in [-0.3, -0.25) is 10.1 Å². The van der Waals surface area contributed by atoms with Gasteiger partial charge in [-0.25, -0.2) is 4.39 Å². The van der Waals surface area contributed by atoms with E-state index in [1.807, 2.05) is 43.3 Å². The topological polar surface area (TPSA) is 93.0 Å². The van der Waals surface area contributed by atoms with E-state index in [-0.39, 0.29) is 29.7 Å². The van der Waals surface area contributed by atoms with Crippen molar-refractivity contribution in [2.24, 2.45) is 0 Å². The molecule has 8 heteroatoms. The molecule has 0 saturated heterocycles. The number of aromatic hydroxyl groups is 1. The highest BCUT2D eigenvalue weighted by molar-refractivity contribution is 6.11. The van der Waals surface area contributed by atoms with E-state index < -0.39 is 11.9 Å². The van der Waals surface area contributed by atoms with Gasteiger partial charge < -0.3 is 24.3 Å². The summed E-state index contributed by atoms with van der Waals surface area (Å²) >= 11 is 0. The van der Waals surface area contributed by atoms with Gasteiger partial charge in [-0.1, -0.05) is 36.4 Å². The molecule has 0 fully saturated rings. The fourth-order valence-electron chi connectivity index (χ4n) is 5.08. The summed E-state index contributed by atoms with van der Waals surface area (Å²) in [6.07, 6.45) is 3.47. The third kappa shape index (κ3) is 5.88. The molecule has 1 unspecified atom stereocenters. The van der Waals surface area contributed by atoms with Crippen molar-refractivity contribution in [1.82, 2.24) is 10.6 Å². The lowest BCUT2D eigenvalue weighted by molar-refractivity contribution is -0.122. The Morgan fingerprint density at radius 2 is 1.71 bits per heavy atom. The van der Waals surface area contributed by atoms with Gasteiger partial charge in [-0.15, -0.1) is 0 Å². The quantitative estimate of drug-likeness (QED) is 0.225. The number of rotatable bonds is 10. The van der Waals surface area contributed by atoms with Gasteiger partial charge in [0.2, 0.25) is 11.7 Å². The number of allylic oxidation sites excluding steroid dienone is 2. The first kappa shape index (κ1) is 27.7. The number of hydrogen-bond donors (Lipinski definition) is 3. The molecule has 3 N–H and O–H groups in total. The largest absolute Gasteiger partial charge is 0.502 e. The van der Waals surface area contributed by atoms with Crippen molar-refractivity contribution in [3.05, 3.63) is 118 Å². The first-order valence-electron chi connectivity index (χ1n) is 13.1. The van der Waals surface area contributed by atoms with Gasteiger partial charge in [0.15, 0.2) is 11.5 Å². The number of carbonyl (C=O) groups is 1.